The number of fused-ring (bicyclic) bond motifs is 3. The quantitative estimate of drug-likeness (QED) is 0.187. The standard InChI is InChI=1S/C23H27N3.Co.2HNO3.6H2O/c1-3-11-20-18(9-1)23(19-10-2-4-12-21(19)25-20)24-16-17-8-7-15-26-14-6-5-13-22(17)26;;2*2-1(3)4;;;;;;/h1-4,9-12,17,22H,5-8,13-16H2,(H,24,25);;2*(H,2,3,4);6*1H2. The minimum atomic E-state index is -1.50. The first-order chi connectivity index (χ1) is 16.4. The topological polar surface area (TPSA) is 344 Å². The number of para-hydroxylation sites is 2. The van der Waals surface area contributed by atoms with Crippen LogP contribution in [0.15, 0.2) is 48.5 Å². The summed E-state index contributed by atoms with van der Waals surface area (Å²) in [6.45, 7) is 3.68. The van der Waals surface area contributed by atoms with Gasteiger partial charge < -0.3 is 53.5 Å². The number of aromatic nitrogens is 1. The summed E-state index contributed by atoms with van der Waals surface area (Å²) in [5.41, 5.74) is 3.42. The average molecular weight is 639 g/mol. The molecule has 15 N–H and O–H groups in total. The maximum absolute atomic E-state index is 8.36. The van der Waals surface area contributed by atoms with E-state index in [9.17, 15) is 0 Å². The van der Waals surface area contributed by atoms with Crippen LogP contribution in [0.1, 0.15) is 32.1 Å². The van der Waals surface area contributed by atoms with Crippen LogP contribution in [0.5, 0.6) is 0 Å². The minimum absolute atomic E-state index is 0. The van der Waals surface area contributed by atoms with Gasteiger partial charge in [0.05, 0.1) is 16.7 Å². The van der Waals surface area contributed by atoms with E-state index in [1.807, 2.05) is 0 Å². The van der Waals surface area contributed by atoms with Crippen molar-refractivity contribution in [1.29, 1.82) is 0 Å². The van der Waals surface area contributed by atoms with Crippen LogP contribution < -0.4 is 5.32 Å². The molecule has 2 aliphatic heterocycles. The van der Waals surface area contributed by atoms with Gasteiger partial charge in [0.25, 0.3) is 10.2 Å². The Balaban J connectivity index is -0.000000259. The van der Waals surface area contributed by atoms with E-state index in [1.165, 1.54) is 61.7 Å². The van der Waals surface area contributed by atoms with Crippen molar-refractivity contribution in [3.05, 3.63) is 68.8 Å². The number of benzene rings is 2. The van der Waals surface area contributed by atoms with Gasteiger partial charge in [-0.1, -0.05) is 42.8 Å². The van der Waals surface area contributed by atoms with E-state index in [-0.39, 0.29) is 49.6 Å². The van der Waals surface area contributed by atoms with Gasteiger partial charge in [-0.05, 0) is 56.8 Å². The van der Waals surface area contributed by atoms with Crippen molar-refractivity contribution in [3.63, 3.8) is 0 Å². The van der Waals surface area contributed by atoms with Crippen molar-refractivity contribution in [2.45, 2.75) is 38.1 Å². The first-order valence-corrected chi connectivity index (χ1v) is 11.3. The van der Waals surface area contributed by atoms with Gasteiger partial charge in [0, 0.05) is 40.1 Å². The van der Waals surface area contributed by atoms with Crippen LogP contribution in [-0.2, 0) is 16.8 Å². The molecule has 1 radical (unpaired) electrons. The van der Waals surface area contributed by atoms with Crippen molar-refractivity contribution in [1.82, 2.24) is 9.88 Å². The van der Waals surface area contributed by atoms with Crippen molar-refractivity contribution in [3.8, 4) is 0 Å². The molecule has 0 saturated carbocycles. The predicted octanol–water partition coefficient (Wildman–Crippen LogP) is -0.582. The van der Waals surface area contributed by atoms with Gasteiger partial charge in [0.15, 0.2) is 0 Å². The van der Waals surface area contributed by atoms with Crippen LogP contribution in [0.2, 0.25) is 0 Å². The zero-order valence-electron chi connectivity index (χ0n) is 22.1. The zero-order chi connectivity index (χ0) is 24.5. The minimum Gasteiger partial charge on any atom is -0.412 e. The molecule has 2 aliphatic rings. The third-order valence-electron chi connectivity index (χ3n) is 6.36. The summed E-state index contributed by atoms with van der Waals surface area (Å²) in [5, 5.41) is 33.6. The van der Waals surface area contributed by atoms with Gasteiger partial charge in [-0.25, -0.2) is 4.98 Å². The molecule has 1 aromatic heterocycles. The molecule has 2 atom stereocenters. The van der Waals surface area contributed by atoms with Gasteiger partial charge in [0.1, 0.15) is 0 Å². The molecule has 2 aromatic carbocycles. The molecule has 0 aliphatic carbocycles. The van der Waals surface area contributed by atoms with Crippen LogP contribution in [0, 0.1) is 26.1 Å². The van der Waals surface area contributed by atoms with E-state index in [0.717, 1.165) is 29.5 Å². The van der Waals surface area contributed by atoms with E-state index in [4.69, 9.17) is 35.6 Å². The van der Waals surface area contributed by atoms with Gasteiger partial charge >= 0.3 is 0 Å². The number of hydrogen-bond donors (Lipinski definition) is 3. The van der Waals surface area contributed by atoms with Crippen LogP contribution in [-0.4, -0.2) is 89.0 Å². The molecule has 239 valence electrons. The monoisotopic (exact) mass is 638 g/mol. The fraction of sp³-hybridized carbons (Fsp3) is 0.435. The number of pyridine rings is 1. The van der Waals surface area contributed by atoms with E-state index in [1.54, 1.807) is 0 Å². The molecule has 18 heteroatoms. The number of piperidine rings is 2. The fourth-order valence-electron chi connectivity index (χ4n) is 5.08. The van der Waals surface area contributed by atoms with E-state index >= 15 is 0 Å². The molecule has 2 unspecified atom stereocenters. The SMILES string of the molecule is O.O.O.O.O.O.O=[N+]([O-])O.O=[N+]([O-])O.[Co].c1ccc2c(NCC3CCCN4CCCCC34)c3ccccc3nc2c1. The van der Waals surface area contributed by atoms with Crippen LogP contribution in [0.4, 0.5) is 5.69 Å². The van der Waals surface area contributed by atoms with Crippen LogP contribution in [0.25, 0.3) is 21.8 Å². The Hall–Kier alpha value is -3.46. The summed E-state index contributed by atoms with van der Waals surface area (Å²) >= 11 is 0. The molecular weight excluding hydrogens is 597 g/mol. The summed E-state index contributed by atoms with van der Waals surface area (Å²) in [6.07, 6.45) is 6.87. The Bertz CT molecular complexity index is 1070. The van der Waals surface area contributed by atoms with Gasteiger partial charge in [0.2, 0.25) is 0 Å². The molecule has 3 heterocycles. The maximum Gasteiger partial charge on any atom is 0.291 e. The second kappa shape index (κ2) is 23.3. The van der Waals surface area contributed by atoms with Gasteiger partial charge in [-0.2, -0.15) is 0 Å². The Labute approximate surface area is 245 Å². The number of nitrogens with zero attached hydrogens (tertiary/aromatic N) is 4. The molecule has 0 bridgehead atoms. The summed E-state index contributed by atoms with van der Waals surface area (Å²) in [4.78, 5) is 24.3. The third kappa shape index (κ3) is 13.6. The van der Waals surface area contributed by atoms with E-state index < -0.39 is 10.2 Å². The number of rotatable bonds is 3. The number of hydrogen-bond acceptors (Lipinski definition) is 7. The third-order valence-corrected chi connectivity index (χ3v) is 6.36. The summed E-state index contributed by atoms with van der Waals surface area (Å²) in [7, 11) is 0. The first-order valence-electron chi connectivity index (χ1n) is 11.3. The van der Waals surface area contributed by atoms with E-state index in [0.29, 0.717) is 0 Å². The molecule has 2 fully saturated rings. The summed E-state index contributed by atoms with van der Waals surface area (Å²) in [5.74, 6) is 0.759. The molecule has 0 amide bonds. The Morgan fingerprint density at radius 1 is 0.780 bits per heavy atom. The summed E-state index contributed by atoms with van der Waals surface area (Å²) < 4.78 is 0. The molecule has 17 nitrogen and oxygen atoms in total. The van der Waals surface area contributed by atoms with Crippen molar-refractivity contribution >= 4 is 27.5 Å². The zero-order valence-corrected chi connectivity index (χ0v) is 23.1. The van der Waals surface area contributed by atoms with E-state index in [2.05, 4.69) is 58.7 Å². The number of nitrogens with one attached hydrogen (secondary N) is 1. The van der Waals surface area contributed by atoms with Gasteiger partial charge in [-0.3, -0.25) is 0 Å². The molecule has 5 rings (SSSR count). The van der Waals surface area contributed by atoms with Gasteiger partial charge in [-0.15, -0.1) is 20.2 Å². The Kier molecular flexibility index (Phi) is 26.9. The Morgan fingerprint density at radius 2 is 1.22 bits per heavy atom. The second-order valence-electron chi connectivity index (χ2n) is 8.38. The van der Waals surface area contributed by atoms with Crippen LogP contribution >= 0.6 is 0 Å². The molecule has 41 heavy (non-hydrogen) atoms. The molecule has 2 saturated heterocycles. The maximum atomic E-state index is 8.36. The average Bonchev–Trinajstić information content (AvgIpc) is 2.81. The molecule has 3 aromatic rings. The van der Waals surface area contributed by atoms with Crippen molar-refractivity contribution in [2.24, 2.45) is 5.92 Å². The first kappa shape index (κ1) is 47.3. The van der Waals surface area contributed by atoms with Crippen LogP contribution in [0.3, 0.4) is 0 Å². The molecule has 0 spiro atoms. The number of anilines is 1. The second-order valence-corrected chi connectivity index (χ2v) is 8.38. The smallest absolute Gasteiger partial charge is 0.291 e. The summed E-state index contributed by atoms with van der Waals surface area (Å²) in [6, 6.07) is 17.8. The molecular formula is C23H41CoN5O12. The normalized spacial score (nSPS) is 16.3. The van der Waals surface area contributed by atoms with Crippen molar-refractivity contribution < 1.29 is 70.2 Å². The Morgan fingerprint density at radius 3 is 1.71 bits per heavy atom. The fourth-order valence-corrected chi connectivity index (χ4v) is 5.08. The predicted molar refractivity (Wildman–Crippen MR) is 149 cm³/mol. The largest absolute Gasteiger partial charge is 0.412 e. The van der Waals surface area contributed by atoms with Crippen molar-refractivity contribution in [2.75, 3.05) is 25.0 Å².